The minimum atomic E-state index is 0. The number of phenolic OH excluding ortho intramolecular Hbond substituents is 1. The Balaban J connectivity index is 0. The third kappa shape index (κ3) is 3.99. The van der Waals surface area contributed by atoms with E-state index in [1.54, 1.807) is 0 Å². The molecule has 0 atom stereocenters. The van der Waals surface area contributed by atoms with Crippen LogP contribution in [0.1, 0.15) is 41.2 Å². The van der Waals surface area contributed by atoms with Gasteiger partial charge in [-0.3, -0.25) is 0 Å². The number of aromatic hydroxyl groups is 1. The fourth-order valence-electron chi connectivity index (χ4n) is 1.04. The van der Waals surface area contributed by atoms with E-state index >= 15 is 0 Å². The quantitative estimate of drug-likeness (QED) is 0.574. The molecule has 0 spiro atoms. The Hall–Kier alpha value is -0.280. The Morgan fingerprint density at radius 2 is 1.33 bits per heavy atom. The SMILES string of the molecule is C.C.CC(C)(C)c1cc(S)c(O)c(S)c1. The van der Waals surface area contributed by atoms with E-state index in [4.69, 9.17) is 0 Å². The zero-order valence-corrected chi connectivity index (χ0v) is 9.79. The van der Waals surface area contributed by atoms with Gasteiger partial charge in [-0.15, -0.1) is 25.3 Å². The van der Waals surface area contributed by atoms with Crippen LogP contribution in [0, 0.1) is 0 Å². The second kappa shape index (κ2) is 5.71. The van der Waals surface area contributed by atoms with Crippen LogP contribution in [0.25, 0.3) is 0 Å². The molecule has 0 amide bonds. The van der Waals surface area contributed by atoms with Crippen molar-refractivity contribution in [1.82, 2.24) is 0 Å². The van der Waals surface area contributed by atoms with E-state index in [1.165, 1.54) is 0 Å². The largest absolute Gasteiger partial charge is 0.506 e. The highest BCUT2D eigenvalue weighted by Crippen LogP contribution is 2.34. The van der Waals surface area contributed by atoms with E-state index in [1.807, 2.05) is 12.1 Å². The average Bonchev–Trinajstić information content (AvgIpc) is 1.97. The second-order valence-electron chi connectivity index (χ2n) is 4.11. The molecule has 0 saturated heterocycles. The van der Waals surface area contributed by atoms with Crippen LogP contribution < -0.4 is 0 Å². The lowest BCUT2D eigenvalue weighted by Crippen LogP contribution is -2.10. The third-order valence-corrected chi connectivity index (χ3v) is 2.62. The van der Waals surface area contributed by atoms with Crippen LogP contribution in [-0.2, 0) is 5.41 Å². The van der Waals surface area contributed by atoms with E-state index in [9.17, 15) is 5.11 Å². The van der Waals surface area contributed by atoms with Gasteiger partial charge in [-0.1, -0.05) is 35.6 Å². The van der Waals surface area contributed by atoms with Crippen molar-refractivity contribution < 1.29 is 5.11 Å². The maximum Gasteiger partial charge on any atom is 0.142 e. The first-order chi connectivity index (χ1) is 5.82. The number of rotatable bonds is 0. The van der Waals surface area contributed by atoms with Crippen molar-refractivity contribution in [3.05, 3.63) is 17.7 Å². The molecule has 0 saturated carbocycles. The summed E-state index contributed by atoms with van der Waals surface area (Å²) in [6.07, 6.45) is 0. The van der Waals surface area contributed by atoms with Crippen LogP contribution >= 0.6 is 25.3 Å². The number of benzene rings is 1. The average molecular weight is 246 g/mol. The summed E-state index contributed by atoms with van der Waals surface area (Å²) in [7, 11) is 0. The zero-order valence-electron chi connectivity index (χ0n) is 8.00. The van der Waals surface area contributed by atoms with Crippen LogP contribution in [0.5, 0.6) is 5.75 Å². The van der Waals surface area contributed by atoms with Gasteiger partial charge in [0.15, 0.2) is 0 Å². The fraction of sp³-hybridized carbons (Fsp3) is 0.500. The van der Waals surface area contributed by atoms with Gasteiger partial charge in [-0.2, -0.15) is 0 Å². The summed E-state index contributed by atoms with van der Waals surface area (Å²) in [5.41, 5.74) is 1.18. The number of hydrogen-bond donors (Lipinski definition) is 3. The van der Waals surface area contributed by atoms with E-state index in [0.29, 0.717) is 9.79 Å². The standard InChI is InChI=1S/C10H14OS2.2CH4/c1-10(2,3)6-4-7(12)9(11)8(13)5-6;;/h4-5,11-13H,1-3H3;2*1H4. The van der Waals surface area contributed by atoms with Crippen molar-refractivity contribution >= 4 is 25.3 Å². The molecule has 0 aromatic heterocycles. The Morgan fingerprint density at radius 1 is 1.00 bits per heavy atom. The second-order valence-corrected chi connectivity index (χ2v) is 5.08. The van der Waals surface area contributed by atoms with Gasteiger partial charge in [-0.25, -0.2) is 0 Å². The lowest BCUT2D eigenvalue weighted by atomic mass is 9.87. The third-order valence-electron chi connectivity index (χ3n) is 1.94. The van der Waals surface area contributed by atoms with E-state index in [2.05, 4.69) is 46.0 Å². The van der Waals surface area contributed by atoms with Crippen molar-refractivity contribution in [2.45, 2.75) is 50.8 Å². The van der Waals surface area contributed by atoms with E-state index in [0.717, 1.165) is 5.56 Å². The first-order valence-corrected chi connectivity index (χ1v) is 4.97. The van der Waals surface area contributed by atoms with E-state index < -0.39 is 0 Å². The molecule has 3 heteroatoms. The van der Waals surface area contributed by atoms with Crippen LogP contribution in [0.4, 0.5) is 0 Å². The predicted molar refractivity (Wildman–Crippen MR) is 74.8 cm³/mol. The normalized spacial score (nSPS) is 10.2. The van der Waals surface area contributed by atoms with Crippen LogP contribution in [-0.4, -0.2) is 5.11 Å². The number of thiol groups is 2. The lowest BCUT2D eigenvalue weighted by Gasteiger charge is -2.20. The Bertz CT molecular complexity index is 304. The molecule has 0 heterocycles. The zero-order chi connectivity index (χ0) is 10.2. The summed E-state index contributed by atoms with van der Waals surface area (Å²) >= 11 is 8.34. The molecule has 1 aromatic carbocycles. The van der Waals surface area contributed by atoms with E-state index in [-0.39, 0.29) is 26.0 Å². The smallest absolute Gasteiger partial charge is 0.142 e. The highest BCUT2D eigenvalue weighted by molar-refractivity contribution is 7.81. The molecule has 0 radical (unpaired) electrons. The van der Waals surface area contributed by atoms with Gasteiger partial charge in [0.05, 0.1) is 0 Å². The van der Waals surface area contributed by atoms with Gasteiger partial charge >= 0.3 is 0 Å². The molecule has 0 aliphatic rings. The summed E-state index contributed by atoms with van der Waals surface area (Å²) in [5.74, 6) is 0.152. The maximum absolute atomic E-state index is 9.44. The minimum Gasteiger partial charge on any atom is -0.506 e. The first kappa shape index (κ1) is 17.1. The Morgan fingerprint density at radius 3 is 1.60 bits per heavy atom. The molecule has 0 fully saturated rings. The molecule has 1 aromatic rings. The van der Waals surface area contributed by atoms with Crippen molar-refractivity contribution in [3.63, 3.8) is 0 Å². The predicted octanol–water partition coefficient (Wildman–Crippen LogP) is 4.54. The molecular weight excluding hydrogens is 224 g/mol. The fourth-order valence-corrected chi connectivity index (χ4v) is 1.64. The van der Waals surface area contributed by atoms with Crippen molar-refractivity contribution in [3.8, 4) is 5.75 Å². The molecule has 88 valence electrons. The molecule has 1 N–H and O–H groups in total. The van der Waals surface area contributed by atoms with Crippen molar-refractivity contribution in [2.24, 2.45) is 0 Å². The summed E-state index contributed by atoms with van der Waals surface area (Å²) in [6, 6.07) is 3.75. The van der Waals surface area contributed by atoms with Crippen LogP contribution in [0.15, 0.2) is 21.9 Å². The molecule has 0 unspecified atom stereocenters. The van der Waals surface area contributed by atoms with Gasteiger partial charge in [0.2, 0.25) is 0 Å². The molecule has 1 nitrogen and oxygen atoms in total. The highest BCUT2D eigenvalue weighted by Gasteiger charge is 2.16. The van der Waals surface area contributed by atoms with Gasteiger partial charge in [0.1, 0.15) is 5.75 Å². The van der Waals surface area contributed by atoms with Crippen LogP contribution in [0.2, 0.25) is 0 Å². The Labute approximate surface area is 105 Å². The lowest BCUT2D eigenvalue weighted by molar-refractivity contribution is 0.447. The van der Waals surface area contributed by atoms with Crippen molar-refractivity contribution in [1.29, 1.82) is 0 Å². The number of hydrogen-bond acceptors (Lipinski definition) is 3. The minimum absolute atomic E-state index is 0. The van der Waals surface area contributed by atoms with Gasteiger partial charge in [0, 0.05) is 9.79 Å². The molecule has 0 aliphatic carbocycles. The summed E-state index contributed by atoms with van der Waals surface area (Å²) in [5, 5.41) is 9.44. The number of phenols is 1. The molecule has 0 aliphatic heterocycles. The highest BCUT2D eigenvalue weighted by atomic mass is 32.1. The molecule has 0 bridgehead atoms. The van der Waals surface area contributed by atoms with Gasteiger partial charge in [0.25, 0.3) is 0 Å². The first-order valence-electron chi connectivity index (χ1n) is 4.08. The monoisotopic (exact) mass is 246 g/mol. The van der Waals surface area contributed by atoms with Crippen LogP contribution in [0.3, 0.4) is 0 Å². The maximum atomic E-state index is 9.44. The summed E-state index contributed by atoms with van der Waals surface area (Å²) < 4.78 is 0. The summed E-state index contributed by atoms with van der Waals surface area (Å²) in [4.78, 5) is 1.16. The summed E-state index contributed by atoms with van der Waals surface area (Å²) in [6.45, 7) is 6.33. The van der Waals surface area contributed by atoms with Gasteiger partial charge < -0.3 is 5.11 Å². The molecular formula is C12H22OS2. The molecule has 15 heavy (non-hydrogen) atoms. The van der Waals surface area contributed by atoms with Gasteiger partial charge in [-0.05, 0) is 23.1 Å². The molecule has 1 rings (SSSR count). The topological polar surface area (TPSA) is 20.2 Å². The van der Waals surface area contributed by atoms with Crippen molar-refractivity contribution in [2.75, 3.05) is 0 Å². The Kier molecular flexibility index (Phi) is 6.52.